The number of hydrogen-bond donors (Lipinski definition) is 2. The van der Waals surface area contributed by atoms with Crippen LogP contribution in [0.25, 0.3) is 11.3 Å². The number of nitrogens with one attached hydrogen (secondary N) is 2. The predicted octanol–water partition coefficient (Wildman–Crippen LogP) is 2.54. The fourth-order valence-corrected chi connectivity index (χ4v) is 1.99. The van der Waals surface area contributed by atoms with Crippen molar-refractivity contribution in [2.75, 3.05) is 0 Å². The number of hydrazone groups is 1. The van der Waals surface area contributed by atoms with E-state index in [1.54, 1.807) is 36.8 Å². The Balaban J connectivity index is 1.67. The van der Waals surface area contributed by atoms with Crippen molar-refractivity contribution in [2.24, 2.45) is 5.10 Å². The lowest BCUT2D eigenvalue weighted by atomic mass is 10.1. The van der Waals surface area contributed by atoms with Crippen molar-refractivity contribution in [1.82, 2.24) is 20.6 Å². The van der Waals surface area contributed by atoms with Crippen molar-refractivity contribution in [1.29, 1.82) is 0 Å². The number of aromatic amines is 1. The molecule has 0 aliphatic rings. The molecule has 0 fully saturated rings. The number of carbonyl (C=O) groups excluding carboxylic acids is 1. The molecule has 2 heterocycles. The Morgan fingerprint density at radius 3 is 2.65 bits per heavy atom. The summed E-state index contributed by atoms with van der Waals surface area (Å²) in [6.07, 6.45) is 4.87. The van der Waals surface area contributed by atoms with Crippen molar-refractivity contribution in [3.8, 4) is 11.3 Å². The lowest BCUT2D eigenvalue weighted by Crippen LogP contribution is -2.17. The molecule has 1 aromatic carbocycles. The average Bonchev–Trinajstić information content (AvgIpc) is 3.06. The molecule has 0 bridgehead atoms. The number of aromatic nitrogens is 3. The van der Waals surface area contributed by atoms with Crippen LogP contribution in [0.15, 0.2) is 60.0 Å². The summed E-state index contributed by atoms with van der Waals surface area (Å²) in [5.41, 5.74) is 6.51. The van der Waals surface area contributed by atoms with Crippen molar-refractivity contribution in [2.45, 2.75) is 6.92 Å². The van der Waals surface area contributed by atoms with Gasteiger partial charge in [-0.25, -0.2) is 5.43 Å². The second-order valence-electron chi connectivity index (χ2n) is 5.01. The van der Waals surface area contributed by atoms with E-state index >= 15 is 0 Å². The predicted molar refractivity (Wildman–Crippen MR) is 88.1 cm³/mol. The molecule has 0 saturated heterocycles. The van der Waals surface area contributed by atoms with Gasteiger partial charge in [-0.05, 0) is 30.7 Å². The van der Waals surface area contributed by atoms with Gasteiger partial charge in [0.1, 0.15) is 5.69 Å². The summed E-state index contributed by atoms with van der Waals surface area (Å²) in [5.74, 6) is -0.346. The van der Waals surface area contributed by atoms with Crippen LogP contribution in [0.1, 0.15) is 21.6 Å². The summed E-state index contributed by atoms with van der Waals surface area (Å²) in [6.45, 7) is 2.02. The summed E-state index contributed by atoms with van der Waals surface area (Å²) in [5, 5.41) is 10.8. The van der Waals surface area contributed by atoms with Crippen LogP contribution in [0.2, 0.25) is 0 Å². The van der Waals surface area contributed by atoms with Crippen LogP contribution in [0, 0.1) is 6.92 Å². The molecule has 2 aromatic heterocycles. The summed E-state index contributed by atoms with van der Waals surface area (Å²) in [4.78, 5) is 15.9. The third-order valence-corrected chi connectivity index (χ3v) is 3.26. The molecule has 6 nitrogen and oxygen atoms in total. The average molecular weight is 305 g/mol. The second-order valence-corrected chi connectivity index (χ2v) is 5.01. The van der Waals surface area contributed by atoms with E-state index in [-0.39, 0.29) is 5.91 Å². The van der Waals surface area contributed by atoms with Crippen molar-refractivity contribution in [3.05, 3.63) is 71.7 Å². The van der Waals surface area contributed by atoms with Gasteiger partial charge >= 0.3 is 0 Å². The van der Waals surface area contributed by atoms with E-state index in [1.807, 2.05) is 31.2 Å². The highest BCUT2D eigenvalue weighted by Crippen LogP contribution is 2.18. The molecule has 0 aliphatic carbocycles. The first-order chi connectivity index (χ1) is 11.2. The number of nitrogens with zero attached hydrogens (tertiary/aromatic N) is 3. The van der Waals surface area contributed by atoms with Crippen molar-refractivity contribution < 1.29 is 4.79 Å². The lowest BCUT2D eigenvalue weighted by Gasteiger charge is -1.96. The van der Waals surface area contributed by atoms with Gasteiger partial charge in [-0.1, -0.05) is 29.8 Å². The van der Waals surface area contributed by atoms with E-state index in [1.165, 1.54) is 5.56 Å². The minimum absolute atomic E-state index is 0.346. The first kappa shape index (κ1) is 14.6. The first-order valence-corrected chi connectivity index (χ1v) is 7.08. The molecule has 0 saturated carbocycles. The summed E-state index contributed by atoms with van der Waals surface area (Å²) in [6, 6.07) is 13.2. The summed E-state index contributed by atoms with van der Waals surface area (Å²) < 4.78 is 0. The minimum Gasteiger partial charge on any atom is -0.272 e. The van der Waals surface area contributed by atoms with Gasteiger partial charge in [0.25, 0.3) is 5.91 Å². The molecule has 1 amide bonds. The maximum absolute atomic E-state index is 12.0. The highest BCUT2D eigenvalue weighted by Gasteiger charge is 2.10. The molecule has 3 aromatic rings. The second kappa shape index (κ2) is 6.65. The van der Waals surface area contributed by atoms with E-state index in [4.69, 9.17) is 0 Å². The molecule has 6 heteroatoms. The van der Waals surface area contributed by atoms with Crippen LogP contribution < -0.4 is 5.43 Å². The summed E-state index contributed by atoms with van der Waals surface area (Å²) >= 11 is 0. The topological polar surface area (TPSA) is 83.0 Å². The Hall–Kier alpha value is -3.28. The Kier molecular flexibility index (Phi) is 4.24. The highest BCUT2D eigenvalue weighted by molar-refractivity contribution is 5.94. The van der Waals surface area contributed by atoms with Crippen LogP contribution in [-0.4, -0.2) is 27.3 Å². The van der Waals surface area contributed by atoms with Crippen LogP contribution >= 0.6 is 0 Å². The molecule has 0 spiro atoms. The third-order valence-electron chi connectivity index (χ3n) is 3.26. The number of benzene rings is 1. The molecule has 0 atom stereocenters. The molecule has 3 rings (SSSR count). The van der Waals surface area contributed by atoms with E-state index in [0.29, 0.717) is 11.4 Å². The van der Waals surface area contributed by atoms with Gasteiger partial charge in [-0.15, -0.1) is 0 Å². The van der Waals surface area contributed by atoms with E-state index in [2.05, 4.69) is 25.7 Å². The Labute approximate surface area is 133 Å². The zero-order chi connectivity index (χ0) is 16.1. The molecule has 2 N–H and O–H groups in total. The molecule has 0 aliphatic heterocycles. The van der Waals surface area contributed by atoms with Gasteiger partial charge in [0.05, 0.1) is 11.9 Å². The monoisotopic (exact) mass is 305 g/mol. The number of H-pyrrole nitrogens is 1. The zero-order valence-electron chi connectivity index (χ0n) is 12.5. The summed E-state index contributed by atoms with van der Waals surface area (Å²) in [7, 11) is 0. The van der Waals surface area contributed by atoms with E-state index in [9.17, 15) is 4.79 Å². The van der Waals surface area contributed by atoms with E-state index < -0.39 is 0 Å². The quantitative estimate of drug-likeness (QED) is 0.574. The number of carbonyl (C=O) groups is 1. The smallest absolute Gasteiger partial charge is 0.272 e. The number of rotatable bonds is 4. The lowest BCUT2D eigenvalue weighted by molar-refractivity contribution is 0.0950. The molecular weight excluding hydrogens is 290 g/mol. The van der Waals surface area contributed by atoms with Gasteiger partial charge in [-0.3, -0.25) is 14.9 Å². The Morgan fingerprint density at radius 1 is 1.17 bits per heavy atom. The van der Waals surface area contributed by atoms with Crippen molar-refractivity contribution in [3.63, 3.8) is 0 Å². The van der Waals surface area contributed by atoms with Crippen molar-refractivity contribution >= 4 is 12.1 Å². The van der Waals surface area contributed by atoms with Gasteiger partial charge < -0.3 is 0 Å². The number of aryl methyl sites for hydroxylation is 1. The number of pyridine rings is 1. The minimum atomic E-state index is -0.346. The SMILES string of the molecule is Cc1ccc(-c2cc(C(=O)N/N=C/c3ccncc3)[nH]n2)cc1. The number of amides is 1. The Morgan fingerprint density at radius 2 is 1.91 bits per heavy atom. The highest BCUT2D eigenvalue weighted by atomic mass is 16.2. The third kappa shape index (κ3) is 3.68. The molecular formula is C17H15N5O. The Bertz CT molecular complexity index is 822. The van der Waals surface area contributed by atoms with E-state index in [0.717, 1.165) is 11.1 Å². The zero-order valence-corrected chi connectivity index (χ0v) is 12.5. The normalized spacial score (nSPS) is 10.8. The molecule has 0 unspecified atom stereocenters. The first-order valence-electron chi connectivity index (χ1n) is 7.08. The fourth-order valence-electron chi connectivity index (χ4n) is 1.99. The van der Waals surface area contributed by atoms with Crippen LogP contribution in [0.4, 0.5) is 0 Å². The van der Waals surface area contributed by atoms with Crippen LogP contribution in [0.5, 0.6) is 0 Å². The maximum Gasteiger partial charge on any atom is 0.289 e. The van der Waals surface area contributed by atoms with Crippen LogP contribution in [-0.2, 0) is 0 Å². The van der Waals surface area contributed by atoms with Gasteiger partial charge in [0.15, 0.2) is 0 Å². The van der Waals surface area contributed by atoms with Gasteiger partial charge in [0, 0.05) is 18.0 Å². The molecule has 114 valence electrons. The number of hydrogen-bond acceptors (Lipinski definition) is 4. The fraction of sp³-hybridized carbons (Fsp3) is 0.0588. The van der Waals surface area contributed by atoms with Crippen LogP contribution in [0.3, 0.4) is 0 Å². The maximum atomic E-state index is 12.0. The van der Waals surface area contributed by atoms with Gasteiger partial charge in [0.2, 0.25) is 0 Å². The molecule has 23 heavy (non-hydrogen) atoms. The van der Waals surface area contributed by atoms with Gasteiger partial charge in [-0.2, -0.15) is 10.2 Å². The molecule has 0 radical (unpaired) electrons. The standard InChI is InChI=1S/C17H15N5O/c1-12-2-4-14(5-3-12)15-10-16(21-20-15)17(23)22-19-11-13-6-8-18-9-7-13/h2-11H,1H3,(H,20,21)(H,22,23)/b19-11+. The largest absolute Gasteiger partial charge is 0.289 e.